The van der Waals surface area contributed by atoms with Crippen LogP contribution in [0.4, 0.5) is 0 Å². The number of allylic oxidation sites excluding steroid dienone is 1. The molecule has 1 N–H and O–H groups in total. The number of piperidine rings is 1. The lowest BCUT2D eigenvalue weighted by atomic mass is 9.87. The van der Waals surface area contributed by atoms with Crippen molar-refractivity contribution in [2.45, 2.75) is 59.0 Å². The molecule has 0 spiro atoms. The van der Waals surface area contributed by atoms with Crippen molar-refractivity contribution >= 4 is 0 Å². The number of likely N-dealkylation sites (tertiary alicyclic amines) is 1. The Kier molecular flexibility index (Phi) is 6.83. The summed E-state index contributed by atoms with van der Waals surface area (Å²) in [6.45, 7) is 12.8. The van der Waals surface area contributed by atoms with E-state index in [1.807, 2.05) is 0 Å². The van der Waals surface area contributed by atoms with Crippen LogP contribution in [0.2, 0.25) is 0 Å². The van der Waals surface area contributed by atoms with Gasteiger partial charge in [-0.1, -0.05) is 26.0 Å². The molecule has 1 heterocycles. The summed E-state index contributed by atoms with van der Waals surface area (Å²) >= 11 is 0. The third kappa shape index (κ3) is 4.44. The van der Waals surface area contributed by atoms with Crippen molar-refractivity contribution in [3.8, 4) is 0 Å². The van der Waals surface area contributed by atoms with Gasteiger partial charge in [0.1, 0.15) is 0 Å². The van der Waals surface area contributed by atoms with Crippen molar-refractivity contribution in [3.05, 3.63) is 12.2 Å². The Morgan fingerprint density at radius 1 is 1.35 bits per heavy atom. The van der Waals surface area contributed by atoms with Gasteiger partial charge in [-0.15, -0.1) is 0 Å². The molecule has 1 rings (SSSR count). The molecule has 17 heavy (non-hydrogen) atoms. The average Bonchev–Trinajstić information content (AvgIpc) is 2.34. The summed E-state index contributed by atoms with van der Waals surface area (Å²) in [5.74, 6) is 0.765. The van der Waals surface area contributed by atoms with Crippen molar-refractivity contribution in [2.24, 2.45) is 5.92 Å². The van der Waals surface area contributed by atoms with Gasteiger partial charge in [0.15, 0.2) is 0 Å². The number of hydrogen-bond acceptors (Lipinski definition) is 2. The molecule has 1 fully saturated rings. The minimum Gasteiger partial charge on any atom is -0.314 e. The second kappa shape index (κ2) is 7.88. The second-order valence-electron chi connectivity index (χ2n) is 5.34. The van der Waals surface area contributed by atoms with Crippen LogP contribution in [0.3, 0.4) is 0 Å². The van der Waals surface area contributed by atoms with E-state index in [2.05, 4.69) is 50.1 Å². The highest BCUT2D eigenvalue weighted by Gasteiger charge is 2.31. The molecule has 0 radical (unpaired) electrons. The average molecular weight is 238 g/mol. The molecule has 0 aromatic carbocycles. The van der Waals surface area contributed by atoms with Gasteiger partial charge in [-0.2, -0.15) is 0 Å². The Labute approximate surface area is 107 Å². The molecular formula is C15H30N2. The van der Waals surface area contributed by atoms with E-state index < -0.39 is 0 Å². The molecule has 0 aliphatic carbocycles. The number of nitrogens with zero attached hydrogens (tertiary/aromatic N) is 1. The highest BCUT2D eigenvalue weighted by Crippen LogP contribution is 2.23. The standard InChI is InChI=1S/C15H30N2/c1-5-7-8-11-17-12-9-15(16-10-6-2)13(3)14(17)4/h5,7,13-16H,6,8-12H2,1-4H3/b7-5+. The molecule has 0 bridgehead atoms. The van der Waals surface area contributed by atoms with E-state index in [1.165, 1.54) is 38.9 Å². The Balaban J connectivity index is 2.38. The van der Waals surface area contributed by atoms with Crippen LogP contribution < -0.4 is 5.32 Å². The van der Waals surface area contributed by atoms with Gasteiger partial charge in [-0.25, -0.2) is 0 Å². The number of nitrogens with one attached hydrogen (secondary N) is 1. The van der Waals surface area contributed by atoms with Crippen LogP contribution in [0.25, 0.3) is 0 Å². The maximum atomic E-state index is 3.70. The van der Waals surface area contributed by atoms with Crippen LogP contribution >= 0.6 is 0 Å². The summed E-state index contributed by atoms with van der Waals surface area (Å²) in [5.41, 5.74) is 0. The topological polar surface area (TPSA) is 15.3 Å². The molecular weight excluding hydrogens is 208 g/mol. The van der Waals surface area contributed by atoms with Gasteiger partial charge in [0.05, 0.1) is 0 Å². The lowest BCUT2D eigenvalue weighted by Gasteiger charge is -2.43. The van der Waals surface area contributed by atoms with Crippen molar-refractivity contribution < 1.29 is 0 Å². The first-order chi connectivity index (χ1) is 8.20. The van der Waals surface area contributed by atoms with Gasteiger partial charge >= 0.3 is 0 Å². The van der Waals surface area contributed by atoms with Gasteiger partial charge in [0, 0.05) is 18.6 Å². The van der Waals surface area contributed by atoms with Crippen LogP contribution in [-0.2, 0) is 0 Å². The minimum absolute atomic E-state index is 0.711. The van der Waals surface area contributed by atoms with E-state index in [4.69, 9.17) is 0 Å². The summed E-state index contributed by atoms with van der Waals surface area (Å²) in [7, 11) is 0. The Hall–Kier alpha value is -0.340. The van der Waals surface area contributed by atoms with Crippen LogP contribution in [0.1, 0.15) is 47.0 Å². The molecule has 1 aliphatic rings. The third-order valence-corrected chi connectivity index (χ3v) is 4.17. The highest BCUT2D eigenvalue weighted by molar-refractivity contribution is 4.89. The van der Waals surface area contributed by atoms with Crippen LogP contribution in [0, 0.1) is 5.92 Å². The second-order valence-corrected chi connectivity index (χ2v) is 5.34. The first-order valence-electron chi connectivity index (χ1n) is 7.29. The quantitative estimate of drug-likeness (QED) is 0.716. The minimum atomic E-state index is 0.711. The molecule has 2 nitrogen and oxygen atoms in total. The normalized spacial score (nSPS) is 31.2. The predicted molar refractivity (Wildman–Crippen MR) is 76.3 cm³/mol. The molecule has 1 aliphatic heterocycles. The molecule has 3 atom stereocenters. The van der Waals surface area contributed by atoms with Gasteiger partial charge < -0.3 is 5.32 Å². The maximum absolute atomic E-state index is 3.70. The fraction of sp³-hybridized carbons (Fsp3) is 0.867. The van der Waals surface area contributed by atoms with Gasteiger partial charge in [0.2, 0.25) is 0 Å². The molecule has 2 heteroatoms. The Morgan fingerprint density at radius 2 is 2.12 bits per heavy atom. The summed E-state index contributed by atoms with van der Waals surface area (Å²) < 4.78 is 0. The summed E-state index contributed by atoms with van der Waals surface area (Å²) in [6, 6.07) is 1.44. The SMILES string of the molecule is C/C=C/CCN1CCC(NCCC)C(C)C1C. The monoisotopic (exact) mass is 238 g/mol. The maximum Gasteiger partial charge on any atom is 0.0120 e. The summed E-state index contributed by atoms with van der Waals surface area (Å²) in [5, 5.41) is 3.70. The molecule has 0 saturated carbocycles. The van der Waals surface area contributed by atoms with Crippen molar-refractivity contribution in [3.63, 3.8) is 0 Å². The first kappa shape index (κ1) is 14.7. The highest BCUT2D eigenvalue weighted by atomic mass is 15.2. The zero-order chi connectivity index (χ0) is 12.7. The van der Waals surface area contributed by atoms with E-state index in [0.29, 0.717) is 6.04 Å². The smallest absolute Gasteiger partial charge is 0.0120 e. The Bertz CT molecular complexity index is 225. The summed E-state index contributed by atoms with van der Waals surface area (Å²) in [4.78, 5) is 2.65. The lowest BCUT2D eigenvalue weighted by Crippen LogP contribution is -2.53. The number of hydrogen-bond donors (Lipinski definition) is 1. The molecule has 0 aromatic heterocycles. The van der Waals surface area contributed by atoms with Gasteiger partial charge in [-0.05, 0) is 52.1 Å². The molecule has 3 unspecified atom stereocenters. The molecule has 1 saturated heterocycles. The van der Waals surface area contributed by atoms with E-state index >= 15 is 0 Å². The van der Waals surface area contributed by atoms with E-state index in [9.17, 15) is 0 Å². The van der Waals surface area contributed by atoms with Gasteiger partial charge in [0.25, 0.3) is 0 Å². The molecule has 0 aromatic rings. The van der Waals surface area contributed by atoms with Gasteiger partial charge in [-0.3, -0.25) is 4.90 Å². The zero-order valence-corrected chi connectivity index (χ0v) is 12.1. The van der Waals surface area contributed by atoms with Crippen LogP contribution in [-0.4, -0.2) is 36.6 Å². The lowest BCUT2D eigenvalue weighted by molar-refractivity contribution is 0.0867. The largest absolute Gasteiger partial charge is 0.314 e. The van der Waals surface area contributed by atoms with E-state index in [1.54, 1.807) is 0 Å². The summed E-state index contributed by atoms with van der Waals surface area (Å²) in [6.07, 6.45) is 8.17. The van der Waals surface area contributed by atoms with E-state index in [-0.39, 0.29) is 0 Å². The predicted octanol–water partition coefficient (Wildman–Crippen LogP) is 3.05. The molecule has 100 valence electrons. The van der Waals surface area contributed by atoms with Crippen LogP contribution in [0.15, 0.2) is 12.2 Å². The van der Waals surface area contributed by atoms with E-state index in [0.717, 1.165) is 12.0 Å². The Morgan fingerprint density at radius 3 is 2.76 bits per heavy atom. The van der Waals surface area contributed by atoms with Crippen molar-refractivity contribution in [1.29, 1.82) is 0 Å². The van der Waals surface area contributed by atoms with Crippen molar-refractivity contribution in [1.82, 2.24) is 10.2 Å². The van der Waals surface area contributed by atoms with Crippen LogP contribution in [0.5, 0.6) is 0 Å². The van der Waals surface area contributed by atoms with Crippen molar-refractivity contribution in [2.75, 3.05) is 19.6 Å². The zero-order valence-electron chi connectivity index (χ0n) is 12.1. The fourth-order valence-electron chi connectivity index (χ4n) is 2.78. The molecule has 0 amide bonds. The third-order valence-electron chi connectivity index (χ3n) is 4.17. The first-order valence-corrected chi connectivity index (χ1v) is 7.29. The fourth-order valence-corrected chi connectivity index (χ4v) is 2.78. The number of rotatable bonds is 6.